The Morgan fingerprint density at radius 2 is 2.00 bits per heavy atom. The minimum Gasteiger partial charge on any atom is -0.347 e. The first kappa shape index (κ1) is 18.8. The van der Waals surface area contributed by atoms with Crippen LogP contribution in [0.25, 0.3) is 0 Å². The van der Waals surface area contributed by atoms with E-state index >= 15 is 0 Å². The van der Waals surface area contributed by atoms with Crippen molar-refractivity contribution in [2.75, 3.05) is 19.6 Å². The van der Waals surface area contributed by atoms with Gasteiger partial charge in [0.05, 0.1) is 11.6 Å². The molecule has 1 saturated heterocycles. The lowest BCUT2D eigenvalue weighted by molar-refractivity contribution is -0.133. The highest BCUT2D eigenvalue weighted by atomic mass is 32.2. The molecule has 1 aromatic rings. The van der Waals surface area contributed by atoms with Gasteiger partial charge in [-0.3, -0.25) is 9.59 Å². The molecule has 1 N–H and O–H groups in total. The smallest absolute Gasteiger partial charge is 0.241 e. The van der Waals surface area contributed by atoms with Gasteiger partial charge in [0.25, 0.3) is 0 Å². The molecule has 132 valence electrons. The van der Waals surface area contributed by atoms with Crippen LogP contribution in [0.1, 0.15) is 40.0 Å². The van der Waals surface area contributed by atoms with Crippen molar-refractivity contribution in [1.82, 2.24) is 15.2 Å². The molecular formula is C18H27N3O2S. The molecule has 0 radical (unpaired) electrons. The number of nitrogens with zero attached hydrogens (tertiary/aromatic N) is 2. The van der Waals surface area contributed by atoms with Crippen LogP contribution in [0.15, 0.2) is 29.4 Å². The maximum atomic E-state index is 12.2. The number of nitrogens with one attached hydrogen (secondary N) is 1. The van der Waals surface area contributed by atoms with Crippen LogP contribution in [0.5, 0.6) is 0 Å². The number of hydrogen-bond acceptors (Lipinski definition) is 4. The lowest BCUT2D eigenvalue weighted by Crippen LogP contribution is -2.45. The Morgan fingerprint density at radius 3 is 2.58 bits per heavy atom. The molecule has 0 aliphatic carbocycles. The molecule has 0 saturated carbocycles. The van der Waals surface area contributed by atoms with Crippen LogP contribution in [0.4, 0.5) is 0 Å². The first-order valence-electron chi connectivity index (χ1n) is 8.46. The Morgan fingerprint density at radius 1 is 1.29 bits per heavy atom. The van der Waals surface area contributed by atoms with E-state index < -0.39 is 0 Å². The molecule has 0 unspecified atom stereocenters. The number of likely N-dealkylation sites (tertiary alicyclic amines) is 1. The van der Waals surface area contributed by atoms with Gasteiger partial charge in [-0.15, -0.1) is 11.8 Å². The van der Waals surface area contributed by atoms with E-state index in [-0.39, 0.29) is 23.8 Å². The van der Waals surface area contributed by atoms with Crippen molar-refractivity contribution >= 4 is 23.6 Å². The second-order valence-corrected chi connectivity index (χ2v) is 8.70. The molecule has 1 aliphatic rings. The number of pyridine rings is 1. The average Bonchev–Trinajstić information content (AvgIpc) is 2.53. The predicted octanol–water partition coefficient (Wildman–Crippen LogP) is 2.72. The highest BCUT2D eigenvalue weighted by Crippen LogP contribution is 2.28. The zero-order valence-electron chi connectivity index (χ0n) is 14.7. The number of rotatable bonds is 5. The number of piperidine rings is 1. The molecule has 0 bridgehead atoms. The van der Waals surface area contributed by atoms with Crippen molar-refractivity contribution < 1.29 is 9.59 Å². The number of aromatic nitrogens is 1. The van der Waals surface area contributed by atoms with Gasteiger partial charge in [-0.05, 0) is 30.4 Å². The Kier molecular flexibility index (Phi) is 6.66. The van der Waals surface area contributed by atoms with Crippen LogP contribution in [0.3, 0.4) is 0 Å². The zero-order valence-corrected chi connectivity index (χ0v) is 15.6. The highest BCUT2D eigenvalue weighted by Gasteiger charge is 2.24. The van der Waals surface area contributed by atoms with Crippen LogP contribution < -0.4 is 5.32 Å². The van der Waals surface area contributed by atoms with Crippen LogP contribution in [-0.4, -0.2) is 46.6 Å². The fourth-order valence-electron chi connectivity index (χ4n) is 2.64. The number of hydrogen-bond donors (Lipinski definition) is 1. The first-order valence-corrected chi connectivity index (χ1v) is 9.33. The maximum absolute atomic E-state index is 12.2. The topological polar surface area (TPSA) is 62.3 Å². The van der Waals surface area contributed by atoms with Gasteiger partial charge in [-0.1, -0.05) is 26.8 Å². The van der Waals surface area contributed by atoms with Crippen molar-refractivity contribution in [3.63, 3.8) is 0 Å². The van der Waals surface area contributed by atoms with Crippen molar-refractivity contribution in [3.05, 3.63) is 24.4 Å². The van der Waals surface area contributed by atoms with E-state index in [1.54, 1.807) is 18.0 Å². The predicted molar refractivity (Wildman–Crippen MR) is 96.8 cm³/mol. The van der Waals surface area contributed by atoms with Gasteiger partial charge in [0, 0.05) is 31.0 Å². The highest BCUT2D eigenvalue weighted by molar-refractivity contribution is 7.99. The molecule has 0 spiro atoms. The van der Waals surface area contributed by atoms with E-state index in [4.69, 9.17) is 0 Å². The summed E-state index contributed by atoms with van der Waals surface area (Å²) in [6.45, 7) is 7.64. The fraction of sp³-hybridized carbons (Fsp3) is 0.611. The van der Waals surface area contributed by atoms with Crippen molar-refractivity contribution in [3.8, 4) is 0 Å². The molecule has 1 aromatic heterocycles. The Hall–Kier alpha value is -1.56. The third kappa shape index (κ3) is 6.51. The molecule has 2 rings (SSSR count). The minimum absolute atomic E-state index is 0.0125. The Bertz CT molecular complexity index is 549. The third-order valence-corrected chi connectivity index (χ3v) is 5.14. The van der Waals surface area contributed by atoms with E-state index in [0.717, 1.165) is 31.0 Å². The SMILES string of the molecule is CC(C)(C)CC(=O)NCC(=O)N1CCC(Sc2ccccn2)CC1. The monoisotopic (exact) mass is 349 g/mol. The number of thioether (sulfide) groups is 1. The number of carbonyl (C=O) groups is 2. The molecule has 1 fully saturated rings. The summed E-state index contributed by atoms with van der Waals surface area (Å²) in [6, 6.07) is 5.93. The quantitative estimate of drug-likeness (QED) is 0.888. The first-order chi connectivity index (χ1) is 11.3. The van der Waals surface area contributed by atoms with E-state index in [1.165, 1.54) is 0 Å². The molecule has 2 amide bonds. The lowest BCUT2D eigenvalue weighted by atomic mass is 9.92. The van der Waals surface area contributed by atoms with Crippen molar-refractivity contribution in [2.45, 2.75) is 50.3 Å². The van der Waals surface area contributed by atoms with Gasteiger partial charge in [-0.2, -0.15) is 0 Å². The summed E-state index contributed by atoms with van der Waals surface area (Å²) in [7, 11) is 0. The summed E-state index contributed by atoms with van der Waals surface area (Å²) in [4.78, 5) is 30.2. The largest absolute Gasteiger partial charge is 0.347 e. The standard InChI is InChI=1S/C18H27N3O2S/c1-18(2,3)12-15(22)20-13-17(23)21-10-7-14(8-11-21)24-16-6-4-5-9-19-16/h4-6,9,14H,7-8,10-13H2,1-3H3,(H,20,22). The Balaban J connectivity index is 1.70. The van der Waals surface area contributed by atoms with Crippen LogP contribution in [-0.2, 0) is 9.59 Å². The van der Waals surface area contributed by atoms with E-state index in [9.17, 15) is 9.59 Å². The molecule has 0 aromatic carbocycles. The van der Waals surface area contributed by atoms with Crippen molar-refractivity contribution in [2.24, 2.45) is 5.41 Å². The molecular weight excluding hydrogens is 322 g/mol. The summed E-state index contributed by atoms with van der Waals surface area (Å²) >= 11 is 1.78. The summed E-state index contributed by atoms with van der Waals surface area (Å²) in [6.07, 6.45) is 4.16. The van der Waals surface area contributed by atoms with E-state index in [2.05, 4.69) is 10.3 Å². The lowest BCUT2D eigenvalue weighted by Gasteiger charge is -2.31. The van der Waals surface area contributed by atoms with Gasteiger partial charge in [-0.25, -0.2) is 4.98 Å². The number of carbonyl (C=O) groups excluding carboxylic acids is 2. The molecule has 1 aliphatic heterocycles. The molecule has 24 heavy (non-hydrogen) atoms. The van der Waals surface area contributed by atoms with Crippen LogP contribution in [0, 0.1) is 5.41 Å². The molecule has 2 heterocycles. The third-order valence-electron chi connectivity index (χ3n) is 3.85. The van der Waals surface area contributed by atoms with Gasteiger partial charge >= 0.3 is 0 Å². The summed E-state index contributed by atoms with van der Waals surface area (Å²) in [5.74, 6) is -0.0463. The van der Waals surface area contributed by atoms with E-state index in [1.807, 2.05) is 43.9 Å². The molecule has 0 atom stereocenters. The van der Waals surface area contributed by atoms with Gasteiger partial charge in [0.2, 0.25) is 11.8 Å². The molecule has 6 heteroatoms. The second-order valence-electron chi connectivity index (χ2n) is 7.38. The van der Waals surface area contributed by atoms with Crippen LogP contribution in [0.2, 0.25) is 0 Å². The Labute approximate surface area is 148 Å². The van der Waals surface area contributed by atoms with Gasteiger partial charge < -0.3 is 10.2 Å². The number of amides is 2. The van der Waals surface area contributed by atoms with E-state index in [0.29, 0.717) is 11.7 Å². The van der Waals surface area contributed by atoms with Crippen molar-refractivity contribution in [1.29, 1.82) is 0 Å². The minimum atomic E-state index is -0.0613. The zero-order chi connectivity index (χ0) is 17.6. The molecule has 5 nitrogen and oxygen atoms in total. The summed E-state index contributed by atoms with van der Waals surface area (Å²) in [5.41, 5.74) is -0.0613. The normalized spacial score (nSPS) is 16.0. The summed E-state index contributed by atoms with van der Waals surface area (Å²) < 4.78 is 0. The average molecular weight is 350 g/mol. The summed E-state index contributed by atoms with van der Waals surface area (Å²) in [5, 5.41) is 4.28. The van der Waals surface area contributed by atoms with Gasteiger partial charge in [0.15, 0.2) is 0 Å². The van der Waals surface area contributed by atoms with Crippen LogP contribution >= 0.6 is 11.8 Å². The maximum Gasteiger partial charge on any atom is 0.241 e. The fourth-order valence-corrected chi connectivity index (χ4v) is 3.71. The van der Waals surface area contributed by atoms with Gasteiger partial charge in [0.1, 0.15) is 0 Å². The second kappa shape index (κ2) is 8.51.